The van der Waals surface area contributed by atoms with Crippen LogP contribution in [0, 0.1) is 5.41 Å². The smallest absolute Gasteiger partial charge is 0.193 e. The summed E-state index contributed by atoms with van der Waals surface area (Å²) in [6.07, 6.45) is 11.6. The topological polar surface area (TPSA) is 36.9 Å². The van der Waals surface area contributed by atoms with Crippen molar-refractivity contribution in [3.05, 3.63) is 0 Å². The average molecular weight is 326 g/mol. The first-order valence-corrected chi connectivity index (χ1v) is 10.0. The lowest BCUT2D eigenvalue weighted by Gasteiger charge is -2.37. The zero-order valence-electron chi connectivity index (χ0n) is 14.2. The second kappa shape index (κ2) is 7.00. The van der Waals surface area contributed by atoms with E-state index in [4.69, 9.17) is 4.74 Å². The number of nitrogens with one attached hydrogen (secondary N) is 1. The van der Waals surface area contributed by atoms with Crippen LogP contribution in [-0.2, 0) is 4.74 Å². The van der Waals surface area contributed by atoms with Gasteiger partial charge in [0.2, 0.25) is 0 Å². The Morgan fingerprint density at radius 2 is 1.91 bits per heavy atom. The van der Waals surface area contributed by atoms with Gasteiger partial charge in [0.25, 0.3) is 0 Å². The summed E-state index contributed by atoms with van der Waals surface area (Å²) in [5, 5.41) is 3.68. The van der Waals surface area contributed by atoms with Crippen LogP contribution in [0.15, 0.2) is 4.99 Å². The van der Waals surface area contributed by atoms with E-state index in [0.29, 0.717) is 10.2 Å². The number of nitrogens with zero attached hydrogens (tertiary/aromatic N) is 2. The van der Waals surface area contributed by atoms with Crippen LogP contribution in [0.2, 0.25) is 0 Å². The van der Waals surface area contributed by atoms with Crippen molar-refractivity contribution in [2.75, 3.05) is 46.2 Å². The van der Waals surface area contributed by atoms with Gasteiger partial charge in [-0.15, -0.1) is 0 Å². The quantitative estimate of drug-likeness (QED) is 0.639. The second-order valence-corrected chi connectivity index (χ2v) is 8.55. The summed E-state index contributed by atoms with van der Waals surface area (Å²) in [6, 6.07) is 0. The highest BCUT2D eigenvalue weighted by molar-refractivity contribution is 8.00. The van der Waals surface area contributed by atoms with Gasteiger partial charge in [-0.25, -0.2) is 0 Å². The molecule has 0 bridgehead atoms. The molecule has 1 aliphatic carbocycles. The fourth-order valence-electron chi connectivity index (χ4n) is 4.42. The molecule has 2 saturated heterocycles. The molecule has 0 aromatic heterocycles. The number of likely N-dealkylation sites (tertiary alicyclic amines) is 1. The molecule has 22 heavy (non-hydrogen) atoms. The van der Waals surface area contributed by atoms with Crippen molar-refractivity contribution in [1.82, 2.24) is 10.2 Å². The molecule has 1 spiro atoms. The van der Waals surface area contributed by atoms with Crippen LogP contribution in [0.1, 0.15) is 44.9 Å². The number of aliphatic imine (C=N–C) groups is 1. The van der Waals surface area contributed by atoms with E-state index < -0.39 is 0 Å². The van der Waals surface area contributed by atoms with Crippen LogP contribution >= 0.6 is 11.8 Å². The lowest BCUT2D eigenvalue weighted by atomic mass is 9.86. The second-order valence-electron chi connectivity index (χ2n) is 7.28. The van der Waals surface area contributed by atoms with Gasteiger partial charge < -0.3 is 15.0 Å². The first kappa shape index (κ1) is 16.4. The summed E-state index contributed by atoms with van der Waals surface area (Å²) < 4.78 is 5.86. The Balaban J connectivity index is 1.56. The molecule has 0 amide bonds. The normalized spacial score (nSPS) is 27.5. The highest BCUT2D eigenvalue weighted by Crippen LogP contribution is 2.45. The number of hydrogen-bond acceptors (Lipinski definition) is 3. The molecule has 3 rings (SSSR count). The van der Waals surface area contributed by atoms with E-state index in [-0.39, 0.29) is 0 Å². The predicted octanol–water partition coefficient (Wildman–Crippen LogP) is 2.74. The maximum Gasteiger partial charge on any atom is 0.193 e. The van der Waals surface area contributed by atoms with Crippen LogP contribution < -0.4 is 5.32 Å². The number of ether oxygens (including phenoxy) is 1. The van der Waals surface area contributed by atoms with Crippen molar-refractivity contribution in [2.45, 2.75) is 49.7 Å². The Labute approximate surface area is 139 Å². The van der Waals surface area contributed by atoms with Crippen LogP contribution in [-0.4, -0.2) is 61.8 Å². The summed E-state index contributed by atoms with van der Waals surface area (Å²) in [5.74, 6) is 1.11. The zero-order valence-corrected chi connectivity index (χ0v) is 15.0. The summed E-state index contributed by atoms with van der Waals surface area (Å²) in [7, 11) is 1.93. The number of rotatable bonds is 3. The first-order valence-electron chi connectivity index (χ1n) is 8.80. The van der Waals surface area contributed by atoms with Gasteiger partial charge in [0.05, 0.1) is 0 Å². The fraction of sp³-hybridized carbons (Fsp3) is 0.941. The van der Waals surface area contributed by atoms with Gasteiger partial charge in [0, 0.05) is 44.6 Å². The third-order valence-electron chi connectivity index (χ3n) is 6.02. The molecule has 0 radical (unpaired) electrons. The van der Waals surface area contributed by atoms with Crippen molar-refractivity contribution >= 4 is 17.7 Å². The van der Waals surface area contributed by atoms with Crippen LogP contribution in [0.5, 0.6) is 0 Å². The van der Waals surface area contributed by atoms with Crippen molar-refractivity contribution in [2.24, 2.45) is 10.4 Å². The molecule has 126 valence electrons. The van der Waals surface area contributed by atoms with Gasteiger partial charge >= 0.3 is 0 Å². The highest BCUT2D eigenvalue weighted by atomic mass is 32.2. The largest absolute Gasteiger partial charge is 0.381 e. The lowest BCUT2D eigenvalue weighted by molar-refractivity contribution is 0.0781. The maximum atomic E-state index is 5.54. The molecule has 4 nitrogen and oxygen atoms in total. The summed E-state index contributed by atoms with van der Waals surface area (Å²) in [5.41, 5.74) is 0.605. The molecule has 1 saturated carbocycles. The SMILES string of the molecule is CN=C(NCC1(SC)CCOCC1)N1CCC2(CCCC2)C1. The fourth-order valence-corrected chi connectivity index (χ4v) is 5.21. The van der Waals surface area contributed by atoms with Crippen LogP contribution in [0.3, 0.4) is 0 Å². The standard InChI is InChI=1S/C17H31N3OS/c1-18-15(19-13-17(22-2)8-11-21-12-9-17)20-10-7-16(14-20)5-3-4-6-16/h3-14H2,1-2H3,(H,18,19). The van der Waals surface area contributed by atoms with Crippen molar-refractivity contribution in [1.29, 1.82) is 0 Å². The lowest BCUT2D eigenvalue weighted by Crippen LogP contribution is -2.49. The van der Waals surface area contributed by atoms with E-state index in [1.807, 2.05) is 18.8 Å². The Hall–Kier alpha value is -0.420. The van der Waals surface area contributed by atoms with E-state index in [0.717, 1.165) is 38.6 Å². The molecule has 0 aromatic rings. The Bertz CT molecular complexity index is 401. The van der Waals surface area contributed by atoms with Gasteiger partial charge in [0.15, 0.2) is 5.96 Å². The molecule has 0 unspecified atom stereocenters. The maximum absolute atomic E-state index is 5.54. The first-order chi connectivity index (χ1) is 10.7. The predicted molar refractivity (Wildman–Crippen MR) is 94.8 cm³/mol. The molecule has 3 aliphatic rings. The van der Waals surface area contributed by atoms with Crippen LogP contribution in [0.25, 0.3) is 0 Å². The van der Waals surface area contributed by atoms with Crippen molar-refractivity contribution in [3.8, 4) is 0 Å². The number of guanidine groups is 1. The molecular formula is C17H31N3OS. The Kier molecular flexibility index (Phi) is 5.23. The minimum absolute atomic E-state index is 0.318. The Morgan fingerprint density at radius 3 is 2.55 bits per heavy atom. The van der Waals surface area contributed by atoms with Gasteiger partial charge in [-0.05, 0) is 43.8 Å². The molecule has 0 atom stereocenters. The molecule has 1 N–H and O–H groups in total. The molecule has 2 aliphatic heterocycles. The van der Waals surface area contributed by atoms with E-state index in [1.54, 1.807) is 0 Å². The van der Waals surface area contributed by atoms with E-state index in [2.05, 4.69) is 21.5 Å². The Morgan fingerprint density at radius 1 is 1.18 bits per heavy atom. The van der Waals surface area contributed by atoms with Gasteiger partial charge in [-0.3, -0.25) is 4.99 Å². The van der Waals surface area contributed by atoms with E-state index >= 15 is 0 Å². The minimum atomic E-state index is 0.318. The van der Waals surface area contributed by atoms with Crippen molar-refractivity contribution in [3.63, 3.8) is 0 Å². The molecule has 3 fully saturated rings. The van der Waals surface area contributed by atoms with Crippen molar-refractivity contribution < 1.29 is 4.74 Å². The third-order valence-corrected chi connectivity index (χ3v) is 7.44. The molecule has 2 heterocycles. The molecule has 5 heteroatoms. The third kappa shape index (κ3) is 3.40. The summed E-state index contributed by atoms with van der Waals surface area (Å²) in [6.45, 7) is 5.19. The average Bonchev–Trinajstić information content (AvgIpc) is 3.20. The van der Waals surface area contributed by atoms with E-state index in [9.17, 15) is 0 Å². The monoisotopic (exact) mass is 325 g/mol. The van der Waals surface area contributed by atoms with E-state index in [1.165, 1.54) is 45.2 Å². The van der Waals surface area contributed by atoms with Gasteiger partial charge in [0.1, 0.15) is 0 Å². The highest BCUT2D eigenvalue weighted by Gasteiger charge is 2.41. The minimum Gasteiger partial charge on any atom is -0.381 e. The summed E-state index contributed by atoms with van der Waals surface area (Å²) >= 11 is 1.99. The van der Waals surface area contributed by atoms with Gasteiger partial charge in [-0.1, -0.05) is 12.8 Å². The summed E-state index contributed by atoms with van der Waals surface area (Å²) in [4.78, 5) is 7.06. The van der Waals surface area contributed by atoms with Gasteiger partial charge in [-0.2, -0.15) is 11.8 Å². The molecule has 0 aromatic carbocycles. The van der Waals surface area contributed by atoms with Crippen LogP contribution in [0.4, 0.5) is 0 Å². The zero-order chi connectivity index (χ0) is 15.5. The molecular weight excluding hydrogens is 294 g/mol. The number of hydrogen-bond donors (Lipinski definition) is 1. The number of thioether (sulfide) groups is 1.